The number of ether oxygens (including phenoxy) is 2. The lowest BCUT2D eigenvalue weighted by molar-refractivity contribution is -0.386. The molecule has 2 aliphatic heterocycles. The van der Waals surface area contributed by atoms with Crippen LogP contribution in [0.15, 0.2) is 42.5 Å². The van der Waals surface area contributed by atoms with Crippen molar-refractivity contribution in [2.24, 2.45) is 11.8 Å². The van der Waals surface area contributed by atoms with Gasteiger partial charge >= 0.3 is 11.7 Å². The average molecular weight is 455 g/mol. The number of carbonyl (C=O) groups is 3. The number of esters is 1. The van der Waals surface area contributed by atoms with E-state index in [0.717, 1.165) is 11.0 Å². The van der Waals surface area contributed by atoms with Crippen molar-refractivity contribution < 1.29 is 33.9 Å². The molecule has 0 aromatic heterocycles. The van der Waals surface area contributed by atoms with Gasteiger partial charge in [-0.05, 0) is 30.7 Å². The van der Waals surface area contributed by atoms with Gasteiger partial charge < -0.3 is 14.6 Å². The number of benzene rings is 2. The van der Waals surface area contributed by atoms with Crippen LogP contribution in [0, 0.1) is 22.0 Å². The predicted molar refractivity (Wildman–Crippen MR) is 114 cm³/mol. The fraction of sp³-hybridized carbons (Fsp3) is 0.318. The summed E-state index contributed by atoms with van der Waals surface area (Å²) in [6, 6.07) is 9.74. The molecular weight excluding hydrogens is 434 g/mol. The summed E-state index contributed by atoms with van der Waals surface area (Å²) in [7, 11) is 2.40. The van der Waals surface area contributed by atoms with E-state index in [-0.39, 0.29) is 11.3 Å². The van der Waals surface area contributed by atoms with Crippen molar-refractivity contribution in [1.82, 2.24) is 5.32 Å². The summed E-state index contributed by atoms with van der Waals surface area (Å²) < 4.78 is 9.99. The van der Waals surface area contributed by atoms with Gasteiger partial charge in [-0.1, -0.05) is 18.2 Å². The second-order valence-corrected chi connectivity index (χ2v) is 8.01. The number of fused-ring (bicyclic) bond motifs is 1. The summed E-state index contributed by atoms with van der Waals surface area (Å²) in [4.78, 5) is 51.5. The van der Waals surface area contributed by atoms with Crippen LogP contribution in [-0.4, -0.2) is 47.6 Å². The second kappa shape index (κ2) is 7.85. The monoisotopic (exact) mass is 455 g/mol. The van der Waals surface area contributed by atoms with E-state index in [1.165, 1.54) is 27.2 Å². The molecule has 2 aromatic rings. The first-order valence-electron chi connectivity index (χ1n) is 10.00. The highest BCUT2D eigenvalue weighted by Crippen LogP contribution is 2.51. The Hall–Kier alpha value is -3.99. The molecule has 33 heavy (non-hydrogen) atoms. The highest BCUT2D eigenvalue weighted by Gasteiger charge is 2.67. The van der Waals surface area contributed by atoms with Crippen molar-refractivity contribution in [2.75, 3.05) is 19.1 Å². The van der Waals surface area contributed by atoms with Crippen LogP contribution in [0.1, 0.15) is 18.5 Å². The molecule has 4 rings (SSSR count). The molecule has 2 unspecified atom stereocenters. The smallest absolute Gasteiger partial charge is 0.326 e. The van der Waals surface area contributed by atoms with Gasteiger partial charge in [-0.3, -0.25) is 29.8 Å². The van der Waals surface area contributed by atoms with Crippen LogP contribution in [0.5, 0.6) is 11.5 Å². The van der Waals surface area contributed by atoms with Crippen molar-refractivity contribution >= 4 is 29.2 Å². The molecule has 11 nitrogen and oxygen atoms in total. The minimum atomic E-state index is -1.58. The number of hydrogen-bond donors (Lipinski definition) is 2. The van der Waals surface area contributed by atoms with Crippen LogP contribution in [0.2, 0.25) is 0 Å². The zero-order valence-electron chi connectivity index (χ0n) is 18.0. The average Bonchev–Trinajstić information content (AvgIpc) is 3.27. The van der Waals surface area contributed by atoms with E-state index in [9.17, 15) is 29.6 Å². The topological polar surface area (TPSA) is 148 Å². The number of nitrogens with zero attached hydrogens (tertiary/aromatic N) is 2. The van der Waals surface area contributed by atoms with Crippen LogP contribution >= 0.6 is 0 Å². The van der Waals surface area contributed by atoms with E-state index in [4.69, 9.17) is 9.47 Å². The van der Waals surface area contributed by atoms with Gasteiger partial charge in [0.15, 0.2) is 5.75 Å². The van der Waals surface area contributed by atoms with Gasteiger partial charge in [-0.25, -0.2) is 4.90 Å². The first-order chi connectivity index (χ1) is 15.7. The van der Waals surface area contributed by atoms with Crippen LogP contribution in [0.3, 0.4) is 0 Å². The summed E-state index contributed by atoms with van der Waals surface area (Å²) in [5.41, 5.74) is -1.66. The maximum Gasteiger partial charge on any atom is 0.326 e. The molecule has 0 spiro atoms. The number of aromatic hydroxyl groups is 1. The molecule has 4 atom stereocenters. The number of rotatable bonds is 5. The van der Waals surface area contributed by atoms with E-state index in [1.54, 1.807) is 30.3 Å². The zero-order chi connectivity index (χ0) is 24.1. The molecule has 0 radical (unpaired) electrons. The molecule has 0 saturated carbocycles. The SMILES string of the molecule is COC(=O)[C@]1(C)N[C@@H](c2cc(OC)c(O)c([N+](=O)[O-])c2)C2C(=O)N(c3ccccc3)C(=O)C21. The number of nitrogens with one attached hydrogen (secondary N) is 1. The van der Waals surface area contributed by atoms with E-state index in [1.807, 2.05) is 0 Å². The quantitative estimate of drug-likeness (QED) is 0.297. The van der Waals surface area contributed by atoms with Crippen LogP contribution in [0.4, 0.5) is 11.4 Å². The fourth-order valence-electron chi connectivity index (χ4n) is 4.74. The van der Waals surface area contributed by atoms with Gasteiger partial charge in [0.05, 0.1) is 36.7 Å². The van der Waals surface area contributed by atoms with Crippen molar-refractivity contribution in [3.8, 4) is 11.5 Å². The Balaban J connectivity index is 1.89. The normalized spacial score (nSPS) is 26.3. The third kappa shape index (κ3) is 3.20. The number of phenolic OH excluding ortho intramolecular Hbond substituents is 1. The number of phenols is 1. The summed E-state index contributed by atoms with van der Waals surface area (Å²) in [5, 5.41) is 24.6. The molecule has 2 aliphatic rings. The molecule has 2 N–H and O–H groups in total. The zero-order valence-corrected chi connectivity index (χ0v) is 18.0. The third-order valence-corrected chi connectivity index (χ3v) is 6.26. The number of imide groups is 1. The predicted octanol–water partition coefficient (Wildman–Crippen LogP) is 1.69. The molecular formula is C22H21N3O8. The molecule has 11 heteroatoms. The molecule has 2 heterocycles. The third-order valence-electron chi connectivity index (χ3n) is 6.26. The Morgan fingerprint density at radius 2 is 1.85 bits per heavy atom. The maximum atomic E-state index is 13.5. The number of carbonyl (C=O) groups excluding carboxylic acids is 3. The van der Waals surface area contributed by atoms with E-state index in [0.29, 0.717) is 5.69 Å². The summed E-state index contributed by atoms with van der Waals surface area (Å²) in [6.07, 6.45) is 0. The molecule has 2 fully saturated rings. The number of hydrogen-bond acceptors (Lipinski definition) is 9. The Labute approximate surface area is 188 Å². The Bertz CT molecular complexity index is 1170. The molecule has 2 amide bonds. The first kappa shape index (κ1) is 22.2. The highest BCUT2D eigenvalue weighted by molar-refractivity contribution is 6.24. The maximum absolute atomic E-state index is 13.5. The molecule has 0 bridgehead atoms. The number of amides is 2. The fourth-order valence-corrected chi connectivity index (χ4v) is 4.74. The Morgan fingerprint density at radius 1 is 1.18 bits per heavy atom. The van der Waals surface area contributed by atoms with Gasteiger partial charge in [0.2, 0.25) is 17.6 Å². The number of para-hydroxylation sites is 1. The molecule has 2 aromatic carbocycles. The van der Waals surface area contributed by atoms with Crippen molar-refractivity contribution in [3.05, 3.63) is 58.1 Å². The summed E-state index contributed by atoms with van der Waals surface area (Å²) in [6.45, 7) is 1.46. The molecule has 0 aliphatic carbocycles. The number of methoxy groups -OCH3 is 2. The van der Waals surface area contributed by atoms with Gasteiger partial charge in [0, 0.05) is 12.1 Å². The van der Waals surface area contributed by atoms with Crippen LogP contribution in [-0.2, 0) is 19.1 Å². The van der Waals surface area contributed by atoms with Gasteiger partial charge in [0.25, 0.3) is 0 Å². The Morgan fingerprint density at radius 3 is 2.42 bits per heavy atom. The molecule has 2 saturated heterocycles. The van der Waals surface area contributed by atoms with Gasteiger partial charge in [0.1, 0.15) is 5.54 Å². The van der Waals surface area contributed by atoms with E-state index < -0.39 is 57.6 Å². The van der Waals surface area contributed by atoms with Crippen LogP contribution in [0.25, 0.3) is 0 Å². The van der Waals surface area contributed by atoms with Crippen molar-refractivity contribution in [1.29, 1.82) is 0 Å². The van der Waals surface area contributed by atoms with Crippen LogP contribution < -0.4 is 15.0 Å². The largest absolute Gasteiger partial charge is 0.500 e. The number of nitro groups is 1. The standard InChI is InChI=1S/C22H21N3O8/c1-22(21(29)33-3)16-15(19(27)24(20(16)28)12-7-5-4-6-8-12)17(23-22)11-9-13(25(30)31)18(26)14(10-11)32-2/h4-10,15-17,23,26H,1-3H3/t15?,16?,17-,22+/m0/s1. The van der Waals surface area contributed by atoms with Gasteiger partial charge in [-0.15, -0.1) is 0 Å². The number of anilines is 1. The minimum absolute atomic E-state index is 0.180. The minimum Gasteiger partial charge on any atom is -0.500 e. The lowest BCUT2D eigenvalue weighted by atomic mass is 9.80. The lowest BCUT2D eigenvalue weighted by Crippen LogP contribution is -2.54. The summed E-state index contributed by atoms with van der Waals surface area (Å²) >= 11 is 0. The Kier molecular flexibility index (Phi) is 5.29. The second-order valence-electron chi connectivity index (χ2n) is 8.01. The van der Waals surface area contributed by atoms with Gasteiger partial charge in [-0.2, -0.15) is 0 Å². The van der Waals surface area contributed by atoms with Crippen molar-refractivity contribution in [2.45, 2.75) is 18.5 Å². The summed E-state index contributed by atoms with van der Waals surface area (Å²) in [5.74, 6) is -4.93. The highest BCUT2D eigenvalue weighted by atomic mass is 16.6. The molecule has 172 valence electrons. The van der Waals surface area contributed by atoms with E-state index >= 15 is 0 Å². The van der Waals surface area contributed by atoms with E-state index in [2.05, 4.69) is 5.32 Å². The first-order valence-corrected chi connectivity index (χ1v) is 10.00. The lowest BCUT2D eigenvalue weighted by Gasteiger charge is -2.28. The van der Waals surface area contributed by atoms with Crippen molar-refractivity contribution in [3.63, 3.8) is 0 Å². The number of nitro benzene ring substituents is 1.